The fraction of sp³-hybridized carbons (Fsp3) is 1.00. The van der Waals surface area contributed by atoms with Gasteiger partial charge in [0.15, 0.2) is 5.85 Å². The normalized spacial score (nSPS) is 18.4. The van der Waals surface area contributed by atoms with E-state index in [0.29, 0.717) is 6.42 Å². The van der Waals surface area contributed by atoms with Gasteiger partial charge in [-0.1, -0.05) is 13.8 Å². The molecule has 7 heteroatoms. The summed E-state index contributed by atoms with van der Waals surface area (Å²) in [6.07, 6.45) is 1.56. The lowest BCUT2D eigenvalue weighted by Gasteiger charge is -2.24. The molecular formula is C8H19O5PS. The van der Waals surface area contributed by atoms with Crippen molar-refractivity contribution in [1.82, 2.24) is 0 Å². The van der Waals surface area contributed by atoms with Gasteiger partial charge >= 0.3 is 0 Å². The van der Waals surface area contributed by atoms with E-state index in [1.165, 1.54) is 0 Å². The summed E-state index contributed by atoms with van der Waals surface area (Å²) in [6.45, 7) is 5.42. The maximum absolute atomic E-state index is 12.2. The van der Waals surface area contributed by atoms with E-state index in [1.807, 2.05) is 0 Å². The fourth-order valence-electron chi connectivity index (χ4n) is 1.21. The zero-order valence-electron chi connectivity index (χ0n) is 9.60. The predicted molar refractivity (Wildman–Crippen MR) is 59.8 cm³/mol. The molecule has 0 heterocycles. The van der Waals surface area contributed by atoms with Crippen LogP contribution in [-0.4, -0.2) is 33.3 Å². The molecule has 15 heavy (non-hydrogen) atoms. The van der Waals surface area contributed by atoms with Crippen molar-refractivity contribution in [3.63, 3.8) is 0 Å². The van der Waals surface area contributed by atoms with Crippen molar-refractivity contribution < 1.29 is 21.7 Å². The van der Waals surface area contributed by atoms with E-state index in [4.69, 9.17) is 8.71 Å². The molecule has 0 saturated carbocycles. The lowest BCUT2D eigenvalue weighted by Crippen LogP contribution is -2.19. The minimum atomic E-state index is -3.60. The SMILES string of the molecule is CCOP(=O)(CC)C(CC)OS(C)(=O)=O. The molecule has 0 rings (SSSR count). The summed E-state index contributed by atoms with van der Waals surface area (Å²) in [6, 6.07) is 0. The first-order valence-corrected chi connectivity index (χ1v) is 8.60. The van der Waals surface area contributed by atoms with Gasteiger partial charge in [0.2, 0.25) is 7.37 Å². The van der Waals surface area contributed by atoms with Crippen LogP contribution in [0.5, 0.6) is 0 Å². The molecule has 2 unspecified atom stereocenters. The van der Waals surface area contributed by atoms with Gasteiger partial charge in [0.1, 0.15) is 0 Å². The van der Waals surface area contributed by atoms with Crippen molar-refractivity contribution in [2.24, 2.45) is 0 Å². The van der Waals surface area contributed by atoms with Gasteiger partial charge in [-0.2, -0.15) is 8.42 Å². The van der Waals surface area contributed by atoms with E-state index in [9.17, 15) is 13.0 Å². The Kier molecular flexibility index (Phi) is 6.03. The summed E-state index contributed by atoms with van der Waals surface area (Å²) in [5.41, 5.74) is 0. The molecule has 0 fully saturated rings. The Bertz CT molecular complexity index is 324. The highest BCUT2D eigenvalue weighted by atomic mass is 32.2. The maximum atomic E-state index is 12.2. The predicted octanol–water partition coefficient (Wildman–Crippen LogP) is 2.03. The minimum Gasteiger partial charge on any atom is -0.327 e. The summed E-state index contributed by atoms with van der Waals surface area (Å²) in [5.74, 6) is -0.863. The Morgan fingerprint density at radius 2 is 1.80 bits per heavy atom. The highest BCUT2D eigenvalue weighted by Gasteiger charge is 2.34. The van der Waals surface area contributed by atoms with Crippen LogP contribution in [-0.2, 0) is 23.4 Å². The zero-order valence-corrected chi connectivity index (χ0v) is 11.3. The van der Waals surface area contributed by atoms with Crippen molar-refractivity contribution in [2.45, 2.75) is 33.0 Å². The molecule has 92 valence electrons. The lowest BCUT2D eigenvalue weighted by atomic mass is 10.5. The Hall–Kier alpha value is 0.100. The molecule has 0 saturated heterocycles. The van der Waals surface area contributed by atoms with Gasteiger partial charge in [0.05, 0.1) is 12.9 Å². The van der Waals surface area contributed by atoms with Crippen molar-refractivity contribution in [2.75, 3.05) is 19.0 Å². The van der Waals surface area contributed by atoms with Gasteiger partial charge in [-0.05, 0) is 13.3 Å². The second-order valence-corrected chi connectivity index (χ2v) is 7.64. The van der Waals surface area contributed by atoms with E-state index in [0.717, 1.165) is 6.26 Å². The Morgan fingerprint density at radius 1 is 1.27 bits per heavy atom. The van der Waals surface area contributed by atoms with Crippen LogP contribution < -0.4 is 0 Å². The smallest absolute Gasteiger partial charge is 0.265 e. The minimum absolute atomic E-state index is 0.273. The van der Waals surface area contributed by atoms with Crippen LogP contribution in [0.1, 0.15) is 27.2 Å². The highest BCUT2D eigenvalue weighted by molar-refractivity contribution is 7.86. The lowest BCUT2D eigenvalue weighted by molar-refractivity contribution is 0.232. The second kappa shape index (κ2) is 5.99. The van der Waals surface area contributed by atoms with E-state index < -0.39 is 23.3 Å². The topological polar surface area (TPSA) is 69.7 Å². The molecule has 0 spiro atoms. The van der Waals surface area contributed by atoms with Crippen LogP contribution in [0.2, 0.25) is 0 Å². The van der Waals surface area contributed by atoms with Gasteiger partial charge in [0, 0.05) is 6.16 Å². The standard InChI is InChI=1S/C8H19O5PS/c1-5-8(13-15(4,10)11)14(9,7-3)12-6-2/h8H,5-7H2,1-4H3. The van der Waals surface area contributed by atoms with Crippen LogP contribution in [0.25, 0.3) is 0 Å². The van der Waals surface area contributed by atoms with Gasteiger partial charge in [-0.3, -0.25) is 8.75 Å². The van der Waals surface area contributed by atoms with Gasteiger partial charge in [-0.25, -0.2) is 0 Å². The zero-order chi connectivity index (χ0) is 12.1. The van der Waals surface area contributed by atoms with Crippen LogP contribution >= 0.6 is 7.37 Å². The van der Waals surface area contributed by atoms with Crippen LogP contribution in [0.4, 0.5) is 0 Å². The Balaban J connectivity index is 4.84. The third-order valence-corrected chi connectivity index (χ3v) is 5.51. The van der Waals surface area contributed by atoms with Crippen molar-refractivity contribution in [3.05, 3.63) is 0 Å². The second-order valence-electron chi connectivity index (χ2n) is 3.12. The van der Waals surface area contributed by atoms with Gasteiger partial charge < -0.3 is 4.52 Å². The number of hydrogen-bond donors (Lipinski definition) is 0. The molecule has 0 aliphatic rings. The molecular weight excluding hydrogens is 239 g/mol. The first kappa shape index (κ1) is 15.1. The molecule has 0 amide bonds. The Labute approximate surface area is 91.7 Å². The number of rotatable bonds is 7. The van der Waals surface area contributed by atoms with Crippen molar-refractivity contribution in [3.8, 4) is 0 Å². The molecule has 5 nitrogen and oxygen atoms in total. The van der Waals surface area contributed by atoms with Crippen LogP contribution in [0.3, 0.4) is 0 Å². The number of hydrogen-bond acceptors (Lipinski definition) is 5. The third kappa shape index (κ3) is 5.11. The maximum Gasteiger partial charge on any atom is 0.265 e. The Morgan fingerprint density at radius 3 is 2.07 bits per heavy atom. The molecule has 0 aromatic heterocycles. The fourth-order valence-corrected chi connectivity index (χ4v) is 4.49. The van der Waals surface area contributed by atoms with Crippen molar-refractivity contribution in [1.29, 1.82) is 0 Å². The average Bonchev–Trinajstić information content (AvgIpc) is 2.13. The molecule has 0 radical (unpaired) electrons. The van der Waals surface area contributed by atoms with E-state index >= 15 is 0 Å². The van der Waals surface area contributed by atoms with Crippen molar-refractivity contribution >= 4 is 17.5 Å². The van der Waals surface area contributed by atoms with Gasteiger partial charge in [-0.15, -0.1) is 0 Å². The first-order valence-electron chi connectivity index (χ1n) is 4.90. The highest BCUT2D eigenvalue weighted by Crippen LogP contribution is 2.53. The molecule has 0 bridgehead atoms. The van der Waals surface area contributed by atoms with E-state index in [2.05, 4.69) is 0 Å². The summed E-state index contributed by atoms with van der Waals surface area (Å²) < 4.78 is 44.0. The molecule has 2 atom stereocenters. The summed E-state index contributed by atoms with van der Waals surface area (Å²) in [5, 5.41) is 0. The largest absolute Gasteiger partial charge is 0.327 e. The molecule has 0 aromatic carbocycles. The quantitative estimate of drug-likeness (QED) is 0.516. The van der Waals surface area contributed by atoms with Gasteiger partial charge in [0.25, 0.3) is 10.1 Å². The molecule has 0 aromatic rings. The summed E-state index contributed by atoms with van der Waals surface area (Å²) in [4.78, 5) is 0. The van der Waals surface area contributed by atoms with E-state index in [1.54, 1.807) is 20.8 Å². The monoisotopic (exact) mass is 258 g/mol. The first-order chi connectivity index (χ1) is 6.79. The molecule has 0 N–H and O–H groups in total. The third-order valence-electron chi connectivity index (χ3n) is 1.86. The summed E-state index contributed by atoms with van der Waals surface area (Å²) >= 11 is 0. The van der Waals surface area contributed by atoms with Crippen LogP contribution in [0, 0.1) is 0 Å². The molecule has 0 aliphatic carbocycles. The summed E-state index contributed by atoms with van der Waals surface area (Å²) in [7, 11) is -6.61. The molecule has 0 aliphatic heterocycles. The average molecular weight is 258 g/mol. The van der Waals surface area contributed by atoms with Crippen LogP contribution in [0.15, 0.2) is 0 Å². The van der Waals surface area contributed by atoms with E-state index in [-0.39, 0.29) is 12.8 Å².